The minimum Gasteiger partial charge on any atom is -0.439 e. The van der Waals surface area contributed by atoms with Gasteiger partial charge in [-0.2, -0.15) is 13.2 Å². The van der Waals surface area contributed by atoms with Crippen molar-refractivity contribution in [1.29, 1.82) is 0 Å². The molecular weight excluding hydrogens is 351 g/mol. The monoisotopic (exact) mass is 359 g/mol. The molecule has 0 aliphatic heterocycles. The summed E-state index contributed by atoms with van der Waals surface area (Å²) < 4.78 is 44.8. The third-order valence-electron chi connectivity index (χ3n) is 2.56. The number of pyridine rings is 1. The molecule has 0 unspecified atom stereocenters. The lowest BCUT2D eigenvalue weighted by atomic mass is 10.1. The summed E-state index contributed by atoms with van der Waals surface area (Å²) in [5.74, 6) is 0.182. The Bertz CT molecular complexity index is 642. The SMILES string of the molecule is O=CCc1ccc(Oc2ccc(Br)cc2)nc1C(F)(F)F. The number of carbonyl (C=O) groups excluding carboxylic acids is 1. The van der Waals surface area contributed by atoms with Crippen molar-refractivity contribution in [3.05, 3.63) is 52.1 Å². The van der Waals surface area contributed by atoms with Gasteiger partial charge in [0.1, 0.15) is 12.0 Å². The van der Waals surface area contributed by atoms with Crippen LogP contribution in [0.4, 0.5) is 13.2 Å². The third kappa shape index (κ3) is 4.04. The zero-order valence-electron chi connectivity index (χ0n) is 10.5. The number of aromatic nitrogens is 1. The minimum atomic E-state index is -4.64. The molecule has 0 aliphatic carbocycles. The van der Waals surface area contributed by atoms with E-state index in [1.165, 1.54) is 12.1 Å². The number of hydrogen-bond donors (Lipinski definition) is 0. The minimum absolute atomic E-state index is 0.180. The smallest absolute Gasteiger partial charge is 0.433 e. The first-order chi connectivity index (χ1) is 9.90. The van der Waals surface area contributed by atoms with E-state index in [0.29, 0.717) is 12.0 Å². The second-order valence-electron chi connectivity index (χ2n) is 4.08. The topological polar surface area (TPSA) is 39.2 Å². The summed E-state index contributed by atoms with van der Waals surface area (Å²) in [4.78, 5) is 13.9. The fraction of sp³-hybridized carbons (Fsp3) is 0.143. The van der Waals surface area contributed by atoms with Gasteiger partial charge in [0, 0.05) is 17.0 Å². The normalized spacial score (nSPS) is 11.2. The van der Waals surface area contributed by atoms with Gasteiger partial charge in [0.2, 0.25) is 5.88 Å². The highest BCUT2D eigenvalue weighted by atomic mass is 79.9. The van der Waals surface area contributed by atoms with Gasteiger partial charge >= 0.3 is 6.18 Å². The lowest BCUT2D eigenvalue weighted by Gasteiger charge is -2.12. The molecule has 0 saturated carbocycles. The van der Waals surface area contributed by atoms with E-state index in [-0.39, 0.29) is 17.9 Å². The van der Waals surface area contributed by atoms with Gasteiger partial charge in [-0.1, -0.05) is 22.0 Å². The molecule has 3 nitrogen and oxygen atoms in total. The summed E-state index contributed by atoms with van der Waals surface area (Å²) in [7, 11) is 0. The van der Waals surface area contributed by atoms with Crippen LogP contribution >= 0.6 is 15.9 Å². The van der Waals surface area contributed by atoms with Crippen LogP contribution in [-0.2, 0) is 17.4 Å². The van der Waals surface area contributed by atoms with Crippen LogP contribution in [0, 0.1) is 0 Å². The molecule has 0 amide bonds. The molecule has 1 aromatic heterocycles. The summed E-state index contributed by atoms with van der Waals surface area (Å²) in [5, 5.41) is 0. The van der Waals surface area contributed by atoms with Crippen LogP contribution in [0.3, 0.4) is 0 Å². The van der Waals surface area contributed by atoms with Crippen molar-refractivity contribution >= 4 is 22.2 Å². The van der Waals surface area contributed by atoms with Crippen molar-refractivity contribution in [2.24, 2.45) is 0 Å². The Balaban J connectivity index is 2.33. The number of ether oxygens (including phenoxy) is 1. The van der Waals surface area contributed by atoms with Gasteiger partial charge in [-0.25, -0.2) is 4.98 Å². The van der Waals surface area contributed by atoms with Crippen molar-refractivity contribution < 1.29 is 22.7 Å². The maximum Gasteiger partial charge on any atom is 0.433 e. The van der Waals surface area contributed by atoms with Gasteiger partial charge in [-0.3, -0.25) is 0 Å². The number of carbonyl (C=O) groups is 1. The Labute approximate surface area is 126 Å². The average Bonchev–Trinajstić information content (AvgIpc) is 2.42. The van der Waals surface area contributed by atoms with Crippen molar-refractivity contribution in [3.63, 3.8) is 0 Å². The van der Waals surface area contributed by atoms with Crippen LogP contribution in [0.15, 0.2) is 40.9 Å². The van der Waals surface area contributed by atoms with Crippen LogP contribution in [0.25, 0.3) is 0 Å². The average molecular weight is 360 g/mol. The van der Waals surface area contributed by atoms with Crippen LogP contribution < -0.4 is 4.74 Å². The molecule has 0 spiro atoms. The Hall–Kier alpha value is -1.89. The number of nitrogens with zero attached hydrogens (tertiary/aromatic N) is 1. The van der Waals surface area contributed by atoms with E-state index >= 15 is 0 Å². The molecule has 0 N–H and O–H groups in total. The quantitative estimate of drug-likeness (QED) is 0.759. The number of aldehydes is 1. The number of rotatable bonds is 4. The van der Waals surface area contributed by atoms with E-state index in [9.17, 15) is 18.0 Å². The van der Waals surface area contributed by atoms with Crippen molar-refractivity contribution in [2.75, 3.05) is 0 Å². The molecule has 1 heterocycles. The van der Waals surface area contributed by atoms with Crippen LogP contribution in [0.5, 0.6) is 11.6 Å². The van der Waals surface area contributed by atoms with E-state index in [1.807, 2.05) is 0 Å². The second kappa shape index (κ2) is 6.26. The first-order valence-corrected chi connectivity index (χ1v) is 6.63. The molecule has 0 radical (unpaired) electrons. The molecule has 7 heteroatoms. The molecule has 0 atom stereocenters. The lowest BCUT2D eigenvalue weighted by Crippen LogP contribution is -2.13. The summed E-state index contributed by atoms with van der Waals surface area (Å²) in [6.07, 6.45) is -4.58. The van der Waals surface area contributed by atoms with Crippen LogP contribution in [0.1, 0.15) is 11.3 Å². The predicted octanol–water partition coefficient (Wildman–Crippen LogP) is 4.40. The van der Waals surface area contributed by atoms with Gasteiger partial charge in [0.25, 0.3) is 0 Å². The number of benzene rings is 1. The van der Waals surface area contributed by atoms with E-state index in [0.717, 1.165) is 4.47 Å². The molecular formula is C14H9BrF3NO2. The molecule has 0 aliphatic rings. The van der Waals surface area contributed by atoms with E-state index in [2.05, 4.69) is 20.9 Å². The van der Waals surface area contributed by atoms with Crippen LogP contribution in [-0.4, -0.2) is 11.3 Å². The first-order valence-electron chi connectivity index (χ1n) is 5.84. The molecule has 110 valence electrons. The highest BCUT2D eigenvalue weighted by Gasteiger charge is 2.35. The Morgan fingerprint density at radius 2 is 1.81 bits per heavy atom. The highest BCUT2D eigenvalue weighted by Crippen LogP contribution is 2.33. The zero-order valence-corrected chi connectivity index (χ0v) is 12.1. The number of halogens is 4. The summed E-state index contributed by atoms with van der Waals surface area (Å²) in [6.45, 7) is 0. The molecule has 21 heavy (non-hydrogen) atoms. The fourth-order valence-electron chi connectivity index (χ4n) is 1.65. The molecule has 2 aromatic rings. The standard InChI is InChI=1S/C14H9BrF3NO2/c15-10-2-4-11(5-3-10)21-12-6-1-9(7-8-20)13(19-12)14(16,17)18/h1-6,8H,7H2. The van der Waals surface area contributed by atoms with Crippen molar-refractivity contribution in [1.82, 2.24) is 4.98 Å². The maximum atomic E-state index is 12.9. The van der Waals surface area contributed by atoms with Crippen molar-refractivity contribution in [2.45, 2.75) is 12.6 Å². The molecule has 2 rings (SSSR count). The molecule has 1 aromatic carbocycles. The van der Waals surface area contributed by atoms with Crippen LogP contribution in [0.2, 0.25) is 0 Å². The van der Waals surface area contributed by atoms with Gasteiger partial charge in [0.15, 0.2) is 5.69 Å². The van der Waals surface area contributed by atoms with E-state index < -0.39 is 11.9 Å². The molecule has 0 fully saturated rings. The maximum absolute atomic E-state index is 12.9. The van der Waals surface area contributed by atoms with E-state index in [1.54, 1.807) is 24.3 Å². The second-order valence-corrected chi connectivity index (χ2v) is 5.00. The Morgan fingerprint density at radius 3 is 2.38 bits per heavy atom. The Kier molecular flexibility index (Phi) is 4.62. The van der Waals surface area contributed by atoms with Gasteiger partial charge < -0.3 is 9.53 Å². The van der Waals surface area contributed by atoms with E-state index in [4.69, 9.17) is 4.74 Å². The first kappa shape index (κ1) is 15.5. The summed E-state index contributed by atoms with van der Waals surface area (Å²) >= 11 is 3.24. The molecule has 0 bridgehead atoms. The fourth-order valence-corrected chi connectivity index (χ4v) is 1.91. The van der Waals surface area contributed by atoms with Gasteiger partial charge in [0.05, 0.1) is 0 Å². The largest absolute Gasteiger partial charge is 0.439 e. The third-order valence-corrected chi connectivity index (χ3v) is 3.09. The summed E-state index contributed by atoms with van der Waals surface area (Å²) in [6, 6.07) is 9.08. The highest BCUT2D eigenvalue weighted by molar-refractivity contribution is 9.10. The van der Waals surface area contributed by atoms with Crippen molar-refractivity contribution in [3.8, 4) is 11.6 Å². The summed E-state index contributed by atoms with van der Waals surface area (Å²) in [5.41, 5.74) is -1.29. The zero-order chi connectivity index (χ0) is 15.5. The Morgan fingerprint density at radius 1 is 1.14 bits per heavy atom. The number of hydrogen-bond acceptors (Lipinski definition) is 3. The van der Waals surface area contributed by atoms with Gasteiger partial charge in [-0.15, -0.1) is 0 Å². The van der Waals surface area contributed by atoms with Gasteiger partial charge in [-0.05, 0) is 29.8 Å². The lowest BCUT2D eigenvalue weighted by molar-refractivity contribution is -0.142. The number of alkyl halides is 3. The predicted molar refractivity (Wildman–Crippen MR) is 73.2 cm³/mol. The molecule has 0 saturated heterocycles.